The molecule has 2 aromatic carbocycles. The first-order valence-electron chi connectivity index (χ1n) is 5.26. The van der Waals surface area contributed by atoms with Crippen LogP contribution in [0.4, 0.5) is 5.69 Å². The topological polar surface area (TPSA) is 43.1 Å². The van der Waals surface area contributed by atoms with Crippen molar-refractivity contribution in [3.05, 3.63) is 57.6 Å². The van der Waals surface area contributed by atoms with Crippen LogP contribution in [0.2, 0.25) is 0 Å². The molecule has 0 heterocycles. The van der Waals surface area contributed by atoms with Crippen molar-refractivity contribution < 1.29 is 4.92 Å². The summed E-state index contributed by atoms with van der Waals surface area (Å²) in [5.74, 6) is 0. The lowest BCUT2D eigenvalue weighted by Crippen LogP contribution is -1.93. The second-order valence-corrected chi connectivity index (χ2v) is 4.50. The summed E-state index contributed by atoms with van der Waals surface area (Å²) in [6, 6.07) is 11.4. The van der Waals surface area contributed by atoms with Crippen LogP contribution in [0.1, 0.15) is 11.1 Å². The average molecular weight is 243 g/mol. The zero-order valence-corrected chi connectivity index (χ0v) is 9.78. The molecule has 0 N–H and O–H groups in total. The third-order valence-electron chi connectivity index (χ3n) is 3.13. The third kappa shape index (κ3) is 1.45. The number of hydrogen-bond acceptors (Lipinski definition) is 3. The van der Waals surface area contributed by atoms with E-state index in [0.717, 1.165) is 23.1 Å². The Morgan fingerprint density at radius 2 is 1.88 bits per heavy atom. The van der Waals surface area contributed by atoms with E-state index in [1.165, 1.54) is 11.6 Å². The molecule has 0 fully saturated rings. The molecule has 1 aliphatic rings. The van der Waals surface area contributed by atoms with E-state index in [0.29, 0.717) is 4.90 Å². The van der Waals surface area contributed by atoms with Crippen molar-refractivity contribution in [3.63, 3.8) is 0 Å². The molecule has 4 heteroatoms. The van der Waals surface area contributed by atoms with Crippen LogP contribution in [0.5, 0.6) is 0 Å². The van der Waals surface area contributed by atoms with Gasteiger partial charge in [0.2, 0.25) is 0 Å². The maximum absolute atomic E-state index is 10.9. The van der Waals surface area contributed by atoms with Crippen molar-refractivity contribution in [1.29, 1.82) is 0 Å². The molecule has 0 amide bonds. The molecule has 3 nitrogen and oxygen atoms in total. The van der Waals surface area contributed by atoms with Crippen LogP contribution in [0, 0.1) is 10.1 Å². The van der Waals surface area contributed by atoms with Gasteiger partial charge in [-0.2, -0.15) is 0 Å². The highest BCUT2D eigenvalue weighted by molar-refractivity contribution is 7.80. The summed E-state index contributed by atoms with van der Waals surface area (Å²) < 4.78 is 0. The summed E-state index contributed by atoms with van der Waals surface area (Å²) in [6.45, 7) is 0. The molecule has 0 aromatic heterocycles. The van der Waals surface area contributed by atoms with Crippen LogP contribution >= 0.6 is 12.6 Å². The van der Waals surface area contributed by atoms with E-state index in [4.69, 9.17) is 0 Å². The van der Waals surface area contributed by atoms with Crippen molar-refractivity contribution >= 4 is 18.3 Å². The van der Waals surface area contributed by atoms with Gasteiger partial charge in [-0.1, -0.05) is 24.3 Å². The molecule has 0 aliphatic heterocycles. The SMILES string of the molecule is O=[N+]([O-])c1ccc2c(c1S)Cc1ccccc1-2. The number of hydrogen-bond donors (Lipinski definition) is 1. The van der Waals surface area contributed by atoms with E-state index in [1.807, 2.05) is 30.3 Å². The Morgan fingerprint density at radius 3 is 2.65 bits per heavy atom. The Kier molecular flexibility index (Phi) is 2.19. The molecule has 0 unspecified atom stereocenters. The number of rotatable bonds is 1. The molecule has 17 heavy (non-hydrogen) atoms. The highest BCUT2D eigenvalue weighted by Gasteiger charge is 2.24. The zero-order valence-electron chi connectivity index (χ0n) is 8.88. The summed E-state index contributed by atoms with van der Waals surface area (Å²) in [5.41, 5.74) is 4.48. The van der Waals surface area contributed by atoms with Gasteiger partial charge in [0.1, 0.15) is 0 Å². The molecule has 84 valence electrons. The summed E-state index contributed by atoms with van der Waals surface area (Å²) in [6.07, 6.45) is 0.728. The first kappa shape index (κ1) is 10.4. The second-order valence-electron chi connectivity index (χ2n) is 4.05. The first-order chi connectivity index (χ1) is 8.18. The largest absolute Gasteiger partial charge is 0.282 e. The van der Waals surface area contributed by atoms with Gasteiger partial charge in [0.15, 0.2) is 0 Å². The van der Waals surface area contributed by atoms with E-state index in [-0.39, 0.29) is 10.6 Å². The van der Waals surface area contributed by atoms with Crippen LogP contribution in [0.3, 0.4) is 0 Å². The van der Waals surface area contributed by atoms with Crippen LogP contribution in [-0.4, -0.2) is 4.92 Å². The number of benzene rings is 2. The Hall–Kier alpha value is -1.81. The summed E-state index contributed by atoms with van der Waals surface area (Å²) in [4.78, 5) is 11.0. The van der Waals surface area contributed by atoms with Gasteiger partial charge in [-0.15, -0.1) is 12.6 Å². The quantitative estimate of drug-likeness (QED) is 0.404. The molecule has 2 aromatic rings. The fourth-order valence-corrected chi connectivity index (χ4v) is 2.69. The van der Waals surface area contributed by atoms with Crippen molar-refractivity contribution in [1.82, 2.24) is 0 Å². The van der Waals surface area contributed by atoms with Gasteiger partial charge < -0.3 is 0 Å². The number of nitro groups is 1. The molecular formula is C13H9NO2S. The van der Waals surface area contributed by atoms with Crippen molar-refractivity contribution in [2.75, 3.05) is 0 Å². The molecule has 0 spiro atoms. The van der Waals surface area contributed by atoms with E-state index < -0.39 is 0 Å². The first-order valence-corrected chi connectivity index (χ1v) is 5.70. The minimum atomic E-state index is -0.383. The van der Waals surface area contributed by atoms with Gasteiger partial charge >= 0.3 is 0 Å². The normalized spacial score (nSPS) is 12.1. The maximum Gasteiger partial charge on any atom is 0.282 e. The van der Waals surface area contributed by atoms with Gasteiger partial charge in [0.25, 0.3) is 5.69 Å². The molecular weight excluding hydrogens is 234 g/mol. The van der Waals surface area contributed by atoms with E-state index in [1.54, 1.807) is 0 Å². The average Bonchev–Trinajstić information content (AvgIpc) is 2.69. The molecule has 0 atom stereocenters. The van der Waals surface area contributed by atoms with Gasteiger partial charge in [-0.25, -0.2) is 0 Å². The monoisotopic (exact) mass is 243 g/mol. The third-order valence-corrected chi connectivity index (χ3v) is 3.63. The highest BCUT2D eigenvalue weighted by Crippen LogP contribution is 2.42. The van der Waals surface area contributed by atoms with Gasteiger partial charge in [0, 0.05) is 12.5 Å². The smallest absolute Gasteiger partial charge is 0.258 e. The van der Waals surface area contributed by atoms with Crippen LogP contribution < -0.4 is 0 Å². The van der Waals surface area contributed by atoms with Crippen molar-refractivity contribution in [2.24, 2.45) is 0 Å². The molecule has 3 rings (SSSR count). The summed E-state index contributed by atoms with van der Waals surface area (Å²) in [7, 11) is 0. The van der Waals surface area contributed by atoms with E-state index >= 15 is 0 Å². The number of nitrogens with zero attached hydrogens (tertiary/aromatic N) is 1. The minimum absolute atomic E-state index is 0.0832. The Labute approximate surface area is 104 Å². The number of thiol groups is 1. The molecule has 0 radical (unpaired) electrons. The molecule has 0 saturated heterocycles. The van der Waals surface area contributed by atoms with Crippen molar-refractivity contribution in [2.45, 2.75) is 11.3 Å². The van der Waals surface area contributed by atoms with Crippen LogP contribution in [-0.2, 0) is 6.42 Å². The van der Waals surface area contributed by atoms with E-state index in [2.05, 4.69) is 12.6 Å². The number of fused-ring (bicyclic) bond motifs is 3. The van der Waals surface area contributed by atoms with Gasteiger partial charge in [-0.05, 0) is 28.3 Å². The molecule has 1 aliphatic carbocycles. The lowest BCUT2D eigenvalue weighted by Gasteiger charge is -2.03. The molecule has 0 bridgehead atoms. The highest BCUT2D eigenvalue weighted by atomic mass is 32.1. The fourth-order valence-electron chi connectivity index (χ4n) is 2.33. The second kappa shape index (κ2) is 3.60. The summed E-state index contributed by atoms with van der Waals surface area (Å²) >= 11 is 4.30. The maximum atomic E-state index is 10.9. The fraction of sp³-hybridized carbons (Fsp3) is 0.0769. The standard InChI is InChI=1S/C13H9NO2S/c15-14(16)12-6-5-10-9-4-2-1-3-8(9)7-11(10)13(12)17/h1-6,17H,7H2. The minimum Gasteiger partial charge on any atom is -0.258 e. The predicted molar refractivity (Wildman–Crippen MR) is 68.6 cm³/mol. The summed E-state index contributed by atoms with van der Waals surface area (Å²) in [5, 5.41) is 10.9. The van der Waals surface area contributed by atoms with Crippen LogP contribution in [0.15, 0.2) is 41.3 Å². The number of nitro benzene ring substituents is 1. The van der Waals surface area contributed by atoms with Crippen LogP contribution in [0.25, 0.3) is 11.1 Å². The van der Waals surface area contributed by atoms with Gasteiger partial charge in [0.05, 0.1) is 9.82 Å². The Balaban J connectivity index is 2.25. The predicted octanol–water partition coefficient (Wildman–Crippen LogP) is 3.45. The Bertz CT molecular complexity index is 637. The Morgan fingerprint density at radius 1 is 1.12 bits per heavy atom. The lowest BCUT2D eigenvalue weighted by atomic mass is 10.1. The van der Waals surface area contributed by atoms with Crippen molar-refractivity contribution in [3.8, 4) is 11.1 Å². The zero-order chi connectivity index (χ0) is 12.0. The van der Waals surface area contributed by atoms with E-state index in [9.17, 15) is 10.1 Å². The lowest BCUT2D eigenvalue weighted by molar-refractivity contribution is -0.387. The van der Waals surface area contributed by atoms with Gasteiger partial charge in [-0.3, -0.25) is 10.1 Å². The molecule has 0 saturated carbocycles.